The first-order valence-electron chi connectivity index (χ1n) is 8.73. The summed E-state index contributed by atoms with van der Waals surface area (Å²) in [6, 6.07) is 17.2. The maximum Gasteiger partial charge on any atom is 0.261 e. The molecule has 0 atom stereocenters. The molecular weight excluding hydrogens is 356 g/mol. The number of hydrogen-bond donors (Lipinski definition) is 1. The predicted molar refractivity (Wildman–Crippen MR) is 114 cm³/mol. The quantitative estimate of drug-likeness (QED) is 0.527. The van der Waals surface area contributed by atoms with Crippen molar-refractivity contribution < 1.29 is 9.53 Å². The molecule has 0 aliphatic heterocycles. The Morgan fingerprint density at radius 1 is 1.04 bits per heavy atom. The lowest BCUT2D eigenvalue weighted by Gasteiger charge is -2.22. The van der Waals surface area contributed by atoms with Crippen LogP contribution in [-0.4, -0.2) is 35.6 Å². The molecule has 0 saturated carbocycles. The number of rotatable bonds is 9. The molecule has 1 amide bonds. The Bertz CT molecular complexity index is 780. The van der Waals surface area contributed by atoms with Gasteiger partial charge in [-0.3, -0.25) is 10.1 Å². The molecule has 0 aliphatic carbocycles. The lowest BCUT2D eigenvalue weighted by molar-refractivity contribution is 0.0970. The van der Waals surface area contributed by atoms with Crippen LogP contribution in [0.25, 0.3) is 0 Å². The molecule has 0 aromatic heterocycles. The molecule has 2 rings (SSSR count). The first-order valence-corrected chi connectivity index (χ1v) is 9.14. The molecule has 0 bridgehead atoms. The highest BCUT2D eigenvalue weighted by molar-refractivity contribution is 7.80. The standard InChI is InChI=1S/C22H24N2O2S/c1-3-15-24(16-4-2)22(27)23-21(25)19-12-8-9-13-20(19)26-17-14-18-10-6-5-7-11-18/h3-13H,1-2,14-17H2,(H,23,25,27). The monoisotopic (exact) mass is 380 g/mol. The van der Waals surface area contributed by atoms with E-state index in [-0.39, 0.29) is 5.91 Å². The number of thiocarbonyl (C=S) groups is 1. The van der Waals surface area contributed by atoms with Crippen molar-refractivity contribution >= 4 is 23.2 Å². The lowest BCUT2D eigenvalue weighted by atomic mass is 10.1. The lowest BCUT2D eigenvalue weighted by Crippen LogP contribution is -2.42. The van der Waals surface area contributed by atoms with E-state index in [1.165, 1.54) is 5.56 Å². The van der Waals surface area contributed by atoms with Crippen LogP contribution >= 0.6 is 12.2 Å². The van der Waals surface area contributed by atoms with Crippen molar-refractivity contribution in [3.05, 3.63) is 91.0 Å². The second-order valence-electron chi connectivity index (χ2n) is 5.82. The largest absolute Gasteiger partial charge is 0.492 e. The van der Waals surface area contributed by atoms with Crippen LogP contribution in [0.3, 0.4) is 0 Å². The summed E-state index contributed by atoms with van der Waals surface area (Å²) in [5.74, 6) is 0.237. The molecule has 0 aliphatic rings. The van der Waals surface area contributed by atoms with E-state index in [0.29, 0.717) is 36.1 Å². The Hall–Kier alpha value is -2.92. The smallest absolute Gasteiger partial charge is 0.261 e. The Morgan fingerprint density at radius 3 is 2.33 bits per heavy atom. The average molecular weight is 381 g/mol. The summed E-state index contributed by atoms with van der Waals surface area (Å²) >= 11 is 5.33. The Kier molecular flexibility index (Phi) is 8.26. The van der Waals surface area contributed by atoms with Crippen molar-refractivity contribution in [3.8, 4) is 5.75 Å². The molecule has 0 radical (unpaired) electrons. The van der Waals surface area contributed by atoms with Gasteiger partial charge in [0.25, 0.3) is 5.91 Å². The third kappa shape index (κ3) is 6.38. The fraction of sp³-hybridized carbons (Fsp3) is 0.182. The maximum absolute atomic E-state index is 12.7. The van der Waals surface area contributed by atoms with Crippen molar-refractivity contribution in [1.29, 1.82) is 0 Å². The molecule has 0 unspecified atom stereocenters. The Labute approximate surface area is 166 Å². The van der Waals surface area contributed by atoms with Gasteiger partial charge in [0.05, 0.1) is 12.2 Å². The number of nitrogens with zero attached hydrogens (tertiary/aromatic N) is 1. The van der Waals surface area contributed by atoms with Crippen LogP contribution in [-0.2, 0) is 6.42 Å². The zero-order valence-corrected chi connectivity index (χ0v) is 16.1. The molecule has 27 heavy (non-hydrogen) atoms. The van der Waals surface area contributed by atoms with E-state index < -0.39 is 0 Å². The van der Waals surface area contributed by atoms with Crippen LogP contribution in [0.2, 0.25) is 0 Å². The van der Waals surface area contributed by atoms with E-state index in [1.54, 1.807) is 35.3 Å². The normalized spacial score (nSPS) is 9.93. The van der Waals surface area contributed by atoms with Gasteiger partial charge >= 0.3 is 0 Å². The van der Waals surface area contributed by atoms with Crippen LogP contribution in [0.1, 0.15) is 15.9 Å². The number of ether oxygens (including phenoxy) is 1. The minimum Gasteiger partial charge on any atom is -0.492 e. The first kappa shape index (κ1) is 20.4. The van der Waals surface area contributed by atoms with Gasteiger partial charge in [0.1, 0.15) is 5.75 Å². The molecule has 0 heterocycles. The fourth-order valence-electron chi connectivity index (χ4n) is 2.50. The van der Waals surface area contributed by atoms with Crippen LogP contribution in [0, 0.1) is 0 Å². The molecule has 5 heteroatoms. The first-order chi connectivity index (χ1) is 13.2. The van der Waals surface area contributed by atoms with Crippen molar-refractivity contribution in [2.75, 3.05) is 19.7 Å². The number of hydrogen-bond acceptors (Lipinski definition) is 3. The number of para-hydroxylation sites is 1. The molecule has 140 valence electrons. The minimum atomic E-state index is -0.298. The molecule has 2 aromatic rings. The van der Waals surface area contributed by atoms with Gasteiger partial charge in [-0.15, -0.1) is 13.2 Å². The molecule has 2 aromatic carbocycles. The highest BCUT2D eigenvalue weighted by atomic mass is 32.1. The second-order valence-corrected chi connectivity index (χ2v) is 6.21. The topological polar surface area (TPSA) is 41.6 Å². The number of amides is 1. The van der Waals surface area contributed by atoms with Crippen LogP contribution in [0.15, 0.2) is 79.9 Å². The molecule has 0 fully saturated rings. The van der Waals surface area contributed by atoms with Crippen LogP contribution < -0.4 is 10.1 Å². The van der Waals surface area contributed by atoms with Crippen molar-refractivity contribution in [1.82, 2.24) is 10.2 Å². The van der Waals surface area contributed by atoms with E-state index in [0.717, 1.165) is 6.42 Å². The van der Waals surface area contributed by atoms with Gasteiger partial charge in [-0.05, 0) is 29.9 Å². The third-order valence-corrected chi connectivity index (χ3v) is 4.19. The van der Waals surface area contributed by atoms with Crippen LogP contribution in [0.4, 0.5) is 0 Å². The van der Waals surface area contributed by atoms with E-state index in [2.05, 4.69) is 18.5 Å². The zero-order chi connectivity index (χ0) is 19.5. The SMILES string of the molecule is C=CCN(CC=C)C(=S)NC(=O)c1ccccc1OCCc1ccccc1. The van der Waals surface area contributed by atoms with E-state index in [4.69, 9.17) is 17.0 Å². The Morgan fingerprint density at radius 2 is 1.67 bits per heavy atom. The number of carbonyl (C=O) groups is 1. The highest BCUT2D eigenvalue weighted by Gasteiger charge is 2.16. The predicted octanol–water partition coefficient (Wildman–Crippen LogP) is 4.00. The summed E-state index contributed by atoms with van der Waals surface area (Å²) in [6.07, 6.45) is 4.22. The van der Waals surface area contributed by atoms with Gasteiger partial charge in [0.2, 0.25) is 0 Å². The highest BCUT2D eigenvalue weighted by Crippen LogP contribution is 2.18. The van der Waals surface area contributed by atoms with Gasteiger partial charge in [-0.2, -0.15) is 0 Å². The molecule has 0 saturated heterocycles. The van der Waals surface area contributed by atoms with E-state index in [1.807, 2.05) is 36.4 Å². The number of nitrogens with one attached hydrogen (secondary N) is 1. The molecule has 1 N–H and O–H groups in total. The summed E-state index contributed by atoms with van der Waals surface area (Å²) in [5, 5.41) is 3.09. The zero-order valence-electron chi connectivity index (χ0n) is 15.3. The third-order valence-electron chi connectivity index (χ3n) is 3.83. The van der Waals surface area contributed by atoms with Gasteiger partial charge in [0.15, 0.2) is 5.11 Å². The summed E-state index contributed by atoms with van der Waals surface area (Å²) in [4.78, 5) is 14.5. The Balaban J connectivity index is 2.00. The summed E-state index contributed by atoms with van der Waals surface area (Å²) in [6.45, 7) is 8.95. The fourth-order valence-corrected chi connectivity index (χ4v) is 2.74. The molecule has 4 nitrogen and oxygen atoms in total. The second kappa shape index (κ2) is 10.9. The average Bonchev–Trinajstić information content (AvgIpc) is 2.69. The van der Waals surface area contributed by atoms with Crippen LogP contribution in [0.5, 0.6) is 5.75 Å². The number of carbonyl (C=O) groups excluding carboxylic acids is 1. The maximum atomic E-state index is 12.7. The van der Waals surface area contributed by atoms with Crippen molar-refractivity contribution in [2.45, 2.75) is 6.42 Å². The van der Waals surface area contributed by atoms with E-state index in [9.17, 15) is 4.79 Å². The molecular formula is C22H24N2O2S. The summed E-state index contributed by atoms with van der Waals surface area (Å²) in [5.41, 5.74) is 1.63. The van der Waals surface area contributed by atoms with E-state index >= 15 is 0 Å². The minimum absolute atomic E-state index is 0.298. The molecule has 0 spiro atoms. The van der Waals surface area contributed by atoms with Gasteiger partial charge in [-0.1, -0.05) is 54.6 Å². The van der Waals surface area contributed by atoms with Crippen molar-refractivity contribution in [2.24, 2.45) is 0 Å². The van der Waals surface area contributed by atoms with Gasteiger partial charge < -0.3 is 9.64 Å². The number of benzene rings is 2. The summed E-state index contributed by atoms with van der Waals surface area (Å²) in [7, 11) is 0. The summed E-state index contributed by atoms with van der Waals surface area (Å²) < 4.78 is 5.85. The van der Waals surface area contributed by atoms with Gasteiger partial charge in [0, 0.05) is 19.5 Å². The van der Waals surface area contributed by atoms with Crippen molar-refractivity contribution in [3.63, 3.8) is 0 Å². The van der Waals surface area contributed by atoms with Gasteiger partial charge in [-0.25, -0.2) is 0 Å².